The Morgan fingerprint density at radius 1 is 1.00 bits per heavy atom. The number of rotatable bonds is 11. The largest absolute Gasteiger partial charge is 0.494 e. The average Bonchev–Trinajstić information content (AvgIpc) is 2.44. The molecule has 1 aromatic carbocycles. The third-order valence-electron chi connectivity index (χ3n) is 3.24. The summed E-state index contributed by atoms with van der Waals surface area (Å²) in [6, 6.07) is 8.40. The first-order valence-corrected chi connectivity index (χ1v) is 7.79. The molecule has 0 unspecified atom stereocenters. The zero-order chi connectivity index (χ0) is 13.8. The molecule has 0 atom stereocenters. The summed E-state index contributed by atoms with van der Waals surface area (Å²) in [4.78, 5) is 0. The fourth-order valence-electron chi connectivity index (χ4n) is 2.09. The van der Waals surface area contributed by atoms with E-state index in [4.69, 9.17) is 4.74 Å². The molecule has 1 N–H and O–H groups in total. The molecule has 0 saturated carbocycles. The van der Waals surface area contributed by atoms with Gasteiger partial charge in [-0.25, -0.2) is 0 Å². The minimum atomic E-state index is 0.844. The molecule has 1 rings (SSSR count). The molecule has 0 spiro atoms. The van der Waals surface area contributed by atoms with Crippen molar-refractivity contribution in [1.29, 1.82) is 0 Å². The van der Waals surface area contributed by atoms with Gasteiger partial charge in [-0.2, -0.15) is 0 Å². The molecule has 2 heteroatoms. The highest BCUT2D eigenvalue weighted by Crippen LogP contribution is 2.14. The molecular weight excluding hydrogens is 234 g/mol. The number of unbranched alkanes of at least 4 members (excludes halogenated alkanes) is 5. The Morgan fingerprint density at radius 2 is 1.79 bits per heavy atom. The topological polar surface area (TPSA) is 21.3 Å². The maximum absolute atomic E-state index is 5.81. The number of hydrogen-bond donors (Lipinski definition) is 1. The van der Waals surface area contributed by atoms with Gasteiger partial charge in [0, 0.05) is 6.54 Å². The van der Waals surface area contributed by atoms with E-state index in [0.717, 1.165) is 25.4 Å². The van der Waals surface area contributed by atoms with Crippen molar-refractivity contribution in [3.63, 3.8) is 0 Å². The second kappa shape index (κ2) is 10.9. The van der Waals surface area contributed by atoms with Crippen molar-refractivity contribution in [3.05, 3.63) is 29.8 Å². The van der Waals surface area contributed by atoms with Crippen molar-refractivity contribution in [1.82, 2.24) is 5.32 Å². The van der Waals surface area contributed by atoms with Gasteiger partial charge in [-0.05, 0) is 30.7 Å². The molecule has 0 saturated heterocycles. The third kappa shape index (κ3) is 7.89. The Labute approximate surface area is 118 Å². The summed E-state index contributed by atoms with van der Waals surface area (Å²) in [6.45, 7) is 7.15. The second-order valence-corrected chi connectivity index (χ2v) is 5.04. The Morgan fingerprint density at radius 3 is 2.58 bits per heavy atom. The lowest BCUT2D eigenvalue weighted by Gasteiger charge is -2.08. The standard InChI is InChI=1S/C17H29NO/c1-3-5-6-7-8-9-13-19-17-12-10-11-16(14-17)15-18-4-2/h10-12,14,18H,3-9,13,15H2,1-2H3. The van der Waals surface area contributed by atoms with E-state index in [1.165, 1.54) is 44.1 Å². The van der Waals surface area contributed by atoms with Crippen LogP contribution >= 0.6 is 0 Å². The molecule has 0 radical (unpaired) electrons. The summed E-state index contributed by atoms with van der Waals surface area (Å²) in [7, 11) is 0. The quantitative estimate of drug-likeness (QED) is 0.592. The summed E-state index contributed by atoms with van der Waals surface area (Å²) in [6.07, 6.45) is 7.85. The Bertz CT molecular complexity index is 325. The Hall–Kier alpha value is -1.02. The normalized spacial score (nSPS) is 10.6. The zero-order valence-corrected chi connectivity index (χ0v) is 12.6. The molecular formula is C17H29NO. The van der Waals surface area contributed by atoms with Crippen LogP contribution in [0.5, 0.6) is 5.75 Å². The van der Waals surface area contributed by atoms with Gasteiger partial charge in [0.15, 0.2) is 0 Å². The fourth-order valence-corrected chi connectivity index (χ4v) is 2.09. The van der Waals surface area contributed by atoms with Crippen molar-refractivity contribution in [3.8, 4) is 5.75 Å². The van der Waals surface area contributed by atoms with E-state index in [-0.39, 0.29) is 0 Å². The number of benzene rings is 1. The number of hydrogen-bond acceptors (Lipinski definition) is 2. The lowest BCUT2D eigenvalue weighted by molar-refractivity contribution is 0.304. The average molecular weight is 263 g/mol. The summed E-state index contributed by atoms with van der Waals surface area (Å²) in [5, 5.41) is 3.33. The molecule has 0 bridgehead atoms. The van der Waals surface area contributed by atoms with E-state index in [1.807, 2.05) is 6.07 Å². The summed E-state index contributed by atoms with van der Waals surface area (Å²) in [5.74, 6) is 1.00. The molecule has 0 aliphatic heterocycles. The molecule has 2 nitrogen and oxygen atoms in total. The van der Waals surface area contributed by atoms with E-state index in [9.17, 15) is 0 Å². The van der Waals surface area contributed by atoms with E-state index in [2.05, 4.69) is 37.4 Å². The van der Waals surface area contributed by atoms with E-state index >= 15 is 0 Å². The number of ether oxygens (including phenoxy) is 1. The van der Waals surface area contributed by atoms with Gasteiger partial charge in [-0.15, -0.1) is 0 Å². The van der Waals surface area contributed by atoms with Crippen LogP contribution in [0, 0.1) is 0 Å². The maximum atomic E-state index is 5.81. The van der Waals surface area contributed by atoms with Crippen LogP contribution in [-0.4, -0.2) is 13.2 Å². The summed E-state index contributed by atoms with van der Waals surface area (Å²) < 4.78 is 5.81. The van der Waals surface area contributed by atoms with Crippen molar-refractivity contribution in [2.45, 2.75) is 58.9 Å². The lowest BCUT2D eigenvalue weighted by Crippen LogP contribution is -2.11. The Kier molecular flexibility index (Phi) is 9.17. The highest BCUT2D eigenvalue weighted by Gasteiger charge is 1.97. The zero-order valence-electron chi connectivity index (χ0n) is 12.6. The lowest BCUT2D eigenvalue weighted by atomic mass is 10.1. The van der Waals surface area contributed by atoms with Gasteiger partial charge in [0.2, 0.25) is 0 Å². The van der Waals surface area contributed by atoms with Crippen molar-refractivity contribution < 1.29 is 4.74 Å². The molecule has 108 valence electrons. The highest BCUT2D eigenvalue weighted by molar-refractivity contribution is 5.28. The molecule has 19 heavy (non-hydrogen) atoms. The SMILES string of the molecule is CCCCCCCCOc1cccc(CNCC)c1. The van der Waals surface area contributed by atoms with Gasteiger partial charge >= 0.3 is 0 Å². The first-order valence-electron chi connectivity index (χ1n) is 7.79. The molecule has 0 amide bonds. The van der Waals surface area contributed by atoms with Gasteiger partial charge in [0.25, 0.3) is 0 Å². The molecule has 0 aliphatic carbocycles. The summed E-state index contributed by atoms with van der Waals surface area (Å²) in [5.41, 5.74) is 1.29. The van der Waals surface area contributed by atoms with Crippen LogP contribution in [0.2, 0.25) is 0 Å². The minimum absolute atomic E-state index is 0.844. The van der Waals surface area contributed by atoms with Gasteiger partial charge in [-0.1, -0.05) is 58.1 Å². The van der Waals surface area contributed by atoms with Gasteiger partial charge in [-0.3, -0.25) is 0 Å². The van der Waals surface area contributed by atoms with Crippen LogP contribution < -0.4 is 10.1 Å². The fraction of sp³-hybridized carbons (Fsp3) is 0.647. The molecule has 0 heterocycles. The van der Waals surface area contributed by atoms with Crippen LogP contribution in [0.15, 0.2) is 24.3 Å². The third-order valence-corrected chi connectivity index (χ3v) is 3.24. The van der Waals surface area contributed by atoms with E-state index in [1.54, 1.807) is 0 Å². The van der Waals surface area contributed by atoms with E-state index in [0.29, 0.717) is 0 Å². The minimum Gasteiger partial charge on any atom is -0.494 e. The van der Waals surface area contributed by atoms with Gasteiger partial charge in [0.1, 0.15) is 5.75 Å². The molecule has 0 aromatic heterocycles. The van der Waals surface area contributed by atoms with E-state index < -0.39 is 0 Å². The molecule has 1 aromatic rings. The van der Waals surface area contributed by atoms with Gasteiger partial charge < -0.3 is 10.1 Å². The van der Waals surface area contributed by atoms with Crippen LogP contribution in [0.1, 0.15) is 57.9 Å². The predicted molar refractivity (Wildman–Crippen MR) is 82.7 cm³/mol. The van der Waals surface area contributed by atoms with Crippen LogP contribution in [0.3, 0.4) is 0 Å². The van der Waals surface area contributed by atoms with Gasteiger partial charge in [0.05, 0.1) is 6.61 Å². The first kappa shape index (κ1) is 16.0. The second-order valence-electron chi connectivity index (χ2n) is 5.04. The monoisotopic (exact) mass is 263 g/mol. The van der Waals surface area contributed by atoms with Crippen molar-refractivity contribution in [2.75, 3.05) is 13.2 Å². The first-order chi connectivity index (χ1) is 9.36. The van der Waals surface area contributed by atoms with Crippen LogP contribution in [0.25, 0.3) is 0 Å². The van der Waals surface area contributed by atoms with Crippen molar-refractivity contribution in [2.24, 2.45) is 0 Å². The molecule has 0 fully saturated rings. The van der Waals surface area contributed by atoms with Crippen LogP contribution in [0.4, 0.5) is 0 Å². The number of nitrogens with one attached hydrogen (secondary N) is 1. The highest BCUT2D eigenvalue weighted by atomic mass is 16.5. The Balaban J connectivity index is 2.14. The summed E-state index contributed by atoms with van der Waals surface area (Å²) >= 11 is 0. The molecule has 0 aliphatic rings. The van der Waals surface area contributed by atoms with Crippen LogP contribution in [-0.2, 0) is 6.54 Å². The van der Waals surface area contributed by atoms with Crippen molar-refractivity contribution >= 4 is 0 Å². The smallest absolute Gasteiger partial charge is 0.119 e. The maximum Gasteiger partial charge on any atom is 0.119 e. The predicted octanol–water partition coefficient (Wildman–Crippen LogP) is 4.54.